The fourth-order valence-electron chi connectivity index (χ4n) is 2.66. The fraction of sp³-hybridized carbons (Fsp3) is 0.562. The molecule has 2 atom stereocenters. The summed E-state index contributed by atoms with van der Waals surface area (Å²) in [5.74, 6) is 0.0755. The lowest BCUT2D eigenvalue weighted by molar-refractivity contribution is -0.133. The summed E-state index contributed by atoms with van der Waals surface area (Å²) in [4.78, 5) is 16.2. The van der Waals surface area contributed by atoms with E-state index in [1.165, 1.54) is 0 Å². The van der Waals surface area contributed by atoms with Crippen molar-refractivity contribution in [1.29, 1.82) is 0 Å². The smallest absolute Gasteiger partial charge is 0.236 e. The van der Waals surface area contributed by atoms with Crippen molar-refractivity contribution in [2.45, 2.75) is 31.9 Å². The topological polar surface area (TPSA) is 43.8 Å². The average Bonchev–Trinajstić information content (AvgIpc) is 2.46. The summed E-state index contributed by atoms with van der Waals surface area (Å²) >= 11 is 5.89. The van der Waals surface area contributed by atoms with Crippen LogP contribution < -0.4 is 0 Å². The number of carbonyl (C=O) groups is 1. The first kappa shape index (κ1) is 16.3. The molecule has 1 aliphatic rings. The van der Waals surface area contributed by atoms with Crippen LogP contribution >= 0.6 is 11.6 Å². The molecule has 1 aromatic carbocycles. The summed E-state index contributed by atoms with van der Waals surface area (Å²) < 4.78 is 0. The zero-order valence-electron chi connectivity index (χ0n) is 12.6. The summed E-state index contributed by atoms with van der Waals surface area (Å²) in [6, 6.07) is 7.58. The highest BCUT2D eigenvalue weighted by Crippen LogP contribution is 2.21. The van der Waals surface area contributed by atoms with Crippen LogP contribution in [0.4, 0.5) is 0 Å². The second kappa shape index (κ2) is 7.25. The Labute approximate surface area is 131 Å². The van der Waals surface area contributed by atoms with Crippen LogP contribution in [-0.2, 0) is 4.79 Å². The van der Waals surface area contributed by atoms with E-state index in [1.807, 2.05) is 43.1 Å². The van der Waals surface area contributed by atoms with Gasteiger partial charge in [-0.25, -0.2) is 0 Å². The van der Waals surface area contributed by atoms with Gasteiger partial charge in [0.1, 0.15) is 0 Å². The van der Waals surface area contributed by atoms with Gasteiger partial charge in [0.2, 0.25) is 5.91 Å². The van der Waals surface area contributed by atoms with E-state index in [1.54, 1.807) is 4.90 Å². The van der Waals surface area contributed by atoms with Gasteiger partial charge in [-0.05, 0) is 44.0 Å². The molecule has 0 aliphatic carbocycles. The second-order valence-electron chi connectivity index (χ2n) is 5.76. The predicted molar refractivity (Wildman–Crippen MR) is 84.3 cm³/mol. The van der Waals surface area contributed by atoms with E-state index in [0.29, 0.717) is 18.1 Å². The number of β-amino-alcohol motifs (C(OH)–C–C–N with tert-alkyl or cyclic N) is 1. The molecule has 21 heavy (non-hydrogen) atoms. The van der Waals surface area contributed by atoms with Gasteiger partial charge in [-0.1, -0.05) is 23.7 Å². The lowest BCUT2D eigenvalue weighted by Crippen LogP contribution is -2.45. The van der Waals surface area contributed by atoms with Crippen molar-refractivity contribution in [2.75, 3.05) is 26.7 Å². The summed E-state index contributed by atoms with van der Waals surface area (Å²) in [6.45, 7) is 3.85. The number of halogens is 1. The maximum Gasteiger partial charge on any atom is 0.236 e. The zero-order chi connectivity index (χ0) is 15.4. The maximum atomic E-state index is 12.4. The molecule has 1 aromatic rings. The highest BCUT2D eigenvalue weighted by molar-refractivity contribution is 6.30. The van der Waals surface area contributed by atoms with Gasteiger partial charge in [0.15, 0.2) is 0 Å². The van der Waals surface area contributed by atoms with E-state index in [9.17, 15) is 9.90 Å². The Balaban J connectivity index is 1.93. The van der Waals surface area contributed by atoms with E-state index >= 15 is 0 Å². The van der Waals surface area contributed by atoms with Crippen molar-refractivity contribution in [2.24, 2.45) is 0 Å². The second-order valence-corrected chi connectivity index (χ2v) is 6.20. The van der Waals surface area contributed by atoms with Crippen LogP contribution in [0.1, 0.15) is 31.4 Å². The van der Waals surface area contributed by atoms with Gasteiger partial charge < -0.3 is 10.0 Å². The number of carbonyl (C=O) groups excluding carboxylic acids is 1. The normalized spacial score (nSPS) is 21.0. The first-order chi connectivity index (χ1) is 9.97. The van der Waals surface area contributed by atoms with E-state index in [-0.39, 0.29) is 18.1 Å². The number of hydrogen-bond acceptors (Lipinski definition) is 3. The summed E-state index contributed by atoms with van der Waals surface area (Å²) in [7, 11) is 1.82. The van der Waals surface area contributed by atoms with Crippen LogP contribution in [0.25, 0.3) is 0 Å². The molecule has 0 saturated carbocycles. The molecule has 5 heteroatoms. The van der Waals surface area contributed by atoms with Crippen LogP contribution in [0, 0.1) is 0 Å². The number of likely N-dealkylation sites (N-methyl/N-ethyl adjacent to an activating group) is 1. The Morgan fingerprint density at radius 1 is 1.48 bits per heavy atom. The molecular weight excluding hydrogens is 288 g/mol. The minimum Gasteiger partial charge on any atom is -0.392 e. The Morgan fingerprint density at radius 2 is 2.14 bits per heavy atom. The van der Waals surface area contributed by atoms with E-state index in [4.69, 9.17) is 11.6 Å². The number of amides is 1. The number of aliphatic hydroxyl groups excluding tert-OH is 1. The molecule has 1 amide bonds. The fourth-order valence-corrected chi connectivity index (χ4v) is 2.78. The minimum atomic E-state index is -0.300. The number of rotatable bonds is 4. The van der Waals surface area contributed by atoms with Crippen molar-refractivity contribution in [1.82, 2.24) is 9.80 Å². The first-order valence-electron chi connectivity index (χ1n) is 7.39. The van der Waals surface area contributed by atoms with Crippen molar-refractivity contribution >= 4 is 17.5 Å². The third-order valence-corrected chi connectivity index (χ3v) is 4.42. The first-order valence-corrected chi connectivity index (χ1v) is 7.76. The molecule has 2 rings (SSSR count). The van der Waals surface area contributed by atoms with Crippen molar-refractivity contribution in [3.8, 4) is 0 Å². The van der Waals surface area contributed by atoms with Gasteiger partial charge in [0, 0.05) is 18.6 Å². The average molecular weight is 311 g/mol. The monoisotopic (exact) mass is 310 g/mol. The van der Waals surface area contributed by atoms with Crippen LogP contribution in [0.5, 0.6) is 0 Å². The molecule has 2 unspecified atom stereocenters. The molecule has 1 N–H and O–H groups in total. The molecule has 4 nitrogen and oxygen atoms in total. The van der Waals surface area contributed by atoms with E-state index in [0.717, 1.165) is 24.9 Å². The van der Waals surface area contributed by atoms with Crippen molar-refractivity contribution in [3.63, 3.8) is 0 Å². The molecule has 1 aliphatic heterocycles. The molecule has 116 valence electrons. The van der Waals surface area contributed by atoms with Crippen LogP contribution in [0.3, 0.4) is 0 Å². The SMILES string of the molecule is CC(c1ccc(Cl)cc1)N(C)C(=O)CN1CCCC(O)C1. The van der Waals surface area contributed by atoms with Crippen molar-refractivity contribution in [3.05, 3.63) is 34.9 Å². The number of nitrogens with zero attached hydrogens (tertiary/aromatic N) is 2. The number of piperidine rings is 1. The van der Waals surface area contributed by atoms with E-state index < -0.39 is 0 Å². The Bertz CT molecular complexity index is 478. The van der Waals surface area contributed by atoms with Crippen LogP contribution in [-0.4, -0.2) is 53.6 Å². The summed E-state index contributed by atoms with van der Waals surface area (Å²) in [5, 5.41) is 10.4. The number of aliphatic hydroxyl groups is 1. The Hall–Kier alpha value is -1.10. The summed E-state index contributed by atoms with van der Waals surface area (Å²) in [6.07, 6.45) is 1.48. The van der Waals surface area contributed by atoms with Gasteiger partial charge >= 0.3 is 0 Å². The molecule has 0 spiro atoms. The zero-order valence-corrected chi connectivity index (χ0v) is 13.4. The molecule has 1 fully saturated rings. The lowest BCUT2D eigenvalue weighted by atomic mass is 10.1. The molecule has 0 aromatic heterocycles. The Morgan fingerprint density at radius 3 is 2.76 bits per heavy atom. The maximum absolute atomic E-state index is 12.4. The third-order valence-electron chi connectivity index (χ3n) is 4.17. The highest BCUT2D eigenvalue weighted by atomic mass is 35.5. The van der Waals surface area contributed by atoms with Gasteiger partial charge in [-0.2, -0.15) is 0 Å². The van der Waals surface area contributed by atoms with Gasteiger partial charge in [-0.3, -0.25) is 9.69 Å². The highest BCUT2D eigenvalue weighted by Gasteiger charge is 2.23. The quantitative estimate of drug-likeness (QED) is 0.928. The Kier molecular flexibility index (Phi) is 5.62. The van der Waals surface area contributed by atoms with Crippen LogP contribution in [0.2, 0.25) is 5.02 Å². The molecule has 0 radical (unpaired) electrons. The molecule has 0 bridgehead atoms. The molecule has 1 saturated heterocycles. The van der Waals surface area contributed by atoms with Gasteiger partial charge in [0.05, 0.1) is 18.7 Å². The predicted octanol–water partition coefficient (Wildman–Crippen LogP) is 2.32. The third kappa shape index (κ3) is 4.43. The standard InChI is InChI=1S/C16H23ClN2O2/c1-12(13-5-7-14(17)8-6-13)18(2)16(21)11-19-9-3-4-15(20)10-19/h5-8,12,15,20H,3-4,9-11H2,1-2H3. The lowest BCUT2D eigenvalue weighted by Gasteiger charge is -2.32. The van der Waals surface area contributed by atoms with Gasteiger partial charge in [-0.15, -0.1) is 0 Å². The molecular formula is C16H23ClN2O2. The van der Waals surface area contributed by atoms with Gasteiger partial charge in [0.25, 0.3) is 0 Å². The minimum absolute atomic E-state index is 0.00415. The summed E-state index contributed by atoms with van der Waals surface area (Å²) in [5.41, 5.74) is 1.06. The van der Waals surface area contributed by atoms with E-state index in [2.05, 4.69) is 0 Å². The number of benzene rings is 1. The number of hydrogen-bond donors (Lipinski definition) is 1. The largest absolute Gasteiger partial charge is 0.392 e. The van der Waals surface area contributed by atoms with Crippen LogP contribution in [0.15, 0.2) is 24.3 Å². The molecule has 1 heterocycles. The van der Waals surface area contributed by atoms with Crippen molar-refractivity contribution < 1.29 is 9.90 Å². The number of likely N-dealkylation sites (tertiary alicyclic amines) is 1.